The average Bonchev–Trinajstić information content (AvgIpc) is 1.55. The lowest BCUT2D eigenvalue weighted by molar-refractivity contribution is -0.109. The molecule has 0 atom stereocenters. The highest BCUT2D eigenvalue weighted by Crippen LogP contribution is 2.24. The van der Waals surface area contributed by atoms with Crippen LogP contribution in [0.4, 0.5) is 0 Å². The SMILES string of the molecule is C#Cc1ccc(C#Cc2ccc(C#Cc3ccc(C#Cc4ccc(C#Cc5ccc(SC(C)=O)cc5)cc4CCCCCCCCCCCC)cc3CCCCCCCCCCCC)cc2CCCCCCCCCCCC)cc1CCCCCCCCCCCC. The van der Waals surface area contributed by atoms with Crippen LogP contribution in [0.1, 0.15) is 364 Å². The van der Waals surface area contributed by atoms with Crippen LogP contribution in [0.2, 0.25) is 0 Å². The molecule has 0 saturated carbocycles. The Morgan fingerprint density at radius 3 is 0.761 bits per heavy atom. The third kappa shape index (κ3) is 34.2. The van der Waals surface area contributed by atoms with E-state index in [1.54, 1.807) is 6.92 Å². The van der Waals surface area contributed by atoms with Gasteiger partial charge in [-0.1, -0.05) is 324 Å². The van der Waals surface area contributed by atoms with Gasteiger partial charge in [-0.25, -0.2) is 0 Å². The van der Waals surface area contributed by atoms with Crippen LogP contribution in [0.5, 0.6) is 0 Å². The molecular formula is C90H120OS. The normalized spacial score (nSPS) is 10.8. The van der Waals surface area contributed by atoms with Crippen molar-refractivity contribution < 1.29 is 4.79 Å². The van der Waals surface area contributed by atoms with Crippen molar-refractivity contribution in [1.82, 2.24) is 0 Å². The minimum Gasteiger partial charge on any atom is -0.287 e. The molecule has 0 fully saturated rings. The van der Waals surface area contributed by atoms with Crippen molar-refractivity contribution in [1.29, 1.82) is 0 Å². The Kier molecular flexibility index (Phi) is 42.0. The van der Waals surface area contributed by atoms with Crippen LogP contribution >= 0.6 is 11.8 Å². The molecule has 0 aliphatic heterocycles. The van der Waals surface area contributed by atoms with Gasteiger partial charge in [0.25, 0.3) is 0 Å². The number of hydrogen-bond acceptors (Lipinski definition) is 2. The number of hydrogen-bond donors (Lipinski definition) is 0. The number of aryl methyl sites for hydroxylation is 4. The highest BCUT2D eigenvalue weighted by molar-refractivity contribution is 8.13. The predicted octanol–water partition coefficient (Wildman–Crippen LogP) is 25.8. The van der Waals surface area contributed by atoms with Gasteiger partial charge in [-0.05, 0) is 171 Å². The highest BCUT2D eigenvalue weighted by atomic mass is 32.2. The first-order valence-electron chi connectivity index (χ1n) is 37.7. The first kappa shape index (κ1) is 76.6. The Balaban J connectivity index is 1.39. The van der Waals surface area contributed by atoms with E-state index in [-0.39, 0.29) is 5.12 Å². The smallest absolute Gasteiger partial charge is 0.190 e. The summed E-state index contributed by atoms with van der Waals surface area (Å²) in [6, 6.07) is 34.6. The molecule has 0 unspecified atom stereocenters. The predicted molar refractivity (Wildman–Crippen MR) is 403 cm³/mol. The van der Waals surface area contributed by atoms with Crippen molar-refractivity contribution in [3.05, 3.63) is 169 Å². The number of carbonyl (C=O) groups is 1. The van der Waals surface area contributed by atoms with E-state index in [1.165, 1.54) is 272 Å². The molecule has 0 saturated heterocycles. The molecule has 5 rings (SSSR count). The van der Waals surface area contributed by atoms with E-state index in [2.05, 4.69) is 154 Å². The van der Waals surface area contributed by atoms with Gasteiger partial charge in [-0.15, -0.1) is 6.42 Å². The van der Waals surface area contributed by atoms with Crippen LogP contribution < -0.4 is 0 Å². The molecule has 1 nitrogen and oxygen atoms in total. The summed E-state index contributed by atoms with van der Waals surface area (Å²) < 4.78 is 0. The van der Waals surface area contributed by atoms with Crippen molar-refractivity contribution in [2.75, 3.05) is 0 Å². The van der Waals surface area contributed by atoms with Crippen LogP contribution in [-0.4, -0.2) is 5.12 Å². The second-order valence-electron chi connectivity index (χ2n) is 26.5. The second kappa shape index (κ2) is 50.4. The average molecular weight is 1250 g/mol. The Labute approximate surface area is 569 Å². The summed E-state index contributed by atoms with van der Waals surface area (Å²) in [6.45, 7) is 10.8. The van der Waals surface area contributed by atoms with Gasteiger partial charge in [0, 0.05) is 61.9 Å². The number of benzene rings is 5. The molecule has 0 bridgehead atoms. The van der Waals surface area contributed by atoms with Gasteiger partial charge < -0.3 is 0 Å². The molecule has 0 N–H and O–H groups in total. The molecule has 2 heteroatoms. The van der Waals surface area contributed by atoms with Gasteiger partial charge in [0.2, 0.25) is 0 Å². The quantitative estimate of drug-likeness (QED) is 0.0220. The van der Waals surface area contributed by atoms with Crippen molar-refractivity contribution >= 4 is 16.9 Å². The lowest BCUT2D eigenvalue weighted by Crippen LogP contribution is -1.95. The molecule has 0 radical (unpaired) electrons. The number of unbranched alkanes of at least 4 members (excludes halogenated alkanes) is 36. The van der Waals surface area contributed by atoms with Crippen molar-refractivity contribution in [2.24, 2.45) is 0 Å². The van der Waals surface area contributed by atoms with Crippen LogP contribution in [-0.2, 0) is 30.5 Å². The van der Waals surface area contributed by atoms with Gasteiger partial charge in [0.05, 0.1) is 0 Å². The fraction of sp³-hybridized carbons (Fsp3) is 0.544. The maximum Gasteiger partial charge on any atom is 0.190 e. The van der Waals surface area contributed by atoms with E-state index in [0.29, 0.717) is 0 Å². The lowest BCUT2D eigenvalue weighted by Gasteiger charge is -2.08. The highest BCUT2D eigenvalue weighted by Gasteiger charge is 2.09. The molecule has 0 aromatic heterocycles. The molecule has 0 amide bonds. The second-order valence-corrected chi connectivity index (χ2v) is 27.7. The van der Waals surface area contributed by atoms with E-state index in [1.807, 2.05) is 24.3 Å². The van der Waals surface area contributed by atoms with E-state index in [4.69, 9.17) is 6.42 Å². The molecule has 0 heterocycles. The summed E-state index contributed by atoms with van der Waals surface area (Å²) in [5.74, 6) is 31.7. The van der Waals surface area contributed by atoms with Gasteiger partial charge >= 0.3 is 0 Å². The number of thioether (sulfide) groups is 1. The molecule has 0 aliphatic carbocycles. The number of rotatable bonds is 45. The number of terminal acetylenes is 1. The van der Waals surface area contributed by atoms with E-state index in [9.17, 15) is 4.79 Å². The third-order valence-electron chi connectivity index (χ3n) is 18.3. The molecule has 5 aromatic carbocycles. The largest absolute Gasteiger partial charge is 0.287 e. The summed E-state index contributed by atoms with van der Waals surface area (Å²) in [4.78, 5) is 12.6. The lowest BCUT2D eigenvalue weighted by atomic mass is 9.96. The fourth-order valence-corrected chi connectivity index (χ4v) is 13.2. The third-order valence-corrected chi connectivity index (χ3v) is 19.1. The van der Waals surface area contributed by atoms with Crippen molar-refractivity contribution in [2.45, 2.75) is 322 Å². The topological polar surface area (TPSA) is 17.1 Å². The van der Waals surface area contributed by atoms with Crippen molar-refractivity contribution in [3.8, 4) is 59.7 Å². The molecule has 92 heavy (non-hydrogen) atoms. The van der Waals surface area contributed by atoms with E-state index in [0.717, 1.165) is 99.9 Å². The van der Waals surface area contributed by atoms with E-state index >= 15 is 0 Å². The summed E-state index contributed by atoms with van der Waals surface area (Å²) in [6.07, 6.45) is 62.8. The first-order valence-corrected chi connectivity index (χ1v) is 38.5. The zero-order chi connectivity index (χ0) is 65.2. The van der Waals surface area contributed by atoms with Crippen LogP contribution in [0.15, 0.2) is 102 Å². The molecule has 0 aliphatic rings. The summed E-state index contributed by atoms with van der Waals surface area (Å²) in [5, 5.41) is 0.0873. The van der Waals surface area contributed by atoms with Gasteiger partial charge in [-0.2, -0.15) is 0 Å². The van der Waals surface area contributed by atoms with Gasteiger partial charge in [-0.3, -0.25) is 4.79 Å². The Morgan fingerprint density at radius 2 is 0.500 bits per heavy atom. The first-order chi connectivity index (χ1) is 45.3. The molecule has 0 spiro atoms. The van der Waals surface area contributed by atoms with E-state index < -0.39 is 0 Å². The summed E-state index contributed by atoms with van der Waals surface area (Å²) in [5.41, 5.74) is 14.5. The molecule has 492 valence electrons. The summed E-state index contributed by atoms with van der Waals surface area (Å²) in [7, 11) is 0. The zero-order valence-electron chi connectivity index (χ0n) is 58.7. The Bertz CT molecular complexity index is 3150. The standard InChI is InChI=1S/C90H120OS/c1-7-12-16-20-24-28-32-36-40-44-48-86-72-79(54-63-82(86)11-5)56-65-84-67-58-81(74-88(84)50-46-42-38-34-30-26-22-18-14-9-3)60-69-85-68-59-80(75-89(85)51-47-43-39-35-31-27-23-19-15-10-4)57-66-83-64-55-78(53-52-77-61-70-90(71-62-77)92-76(6)91)73-87(83)49-45-41-37-33-29-25-21-17-13-8-2/h5,54-55,58-59,61-64,67-68,70-75H,7-10,12-51H2,1-4,6H3. The minimum absolute atomic E-state index is 0.0873. The van der Waals surface area contributed by atoms with Crippen LogP contribution in [0.3, 0.4) is 0 Å². The zero-order valence-corrected chi connectivity index (χ0v) is 59.6. The Hall–Kier alpha value is -6.08. The maximum absolute atomic E-state index is 11.7. The van der Waals surface area contributed by atoms with Gasteiger partial charge in [0.1, 0.15) is 0 Å². The summed E-state index contributed by atoms with van der Waals surface area (Å²) >= 11 is 1.25. The molecular weight excluding hydrogens is 1130 g/mol. The molecule has 5 aromatic rings. The monoisotopic (exact) mass is 1250 g/mol. The van der Waals surface area contributed by atoms with Crippen molar-refractivity contribution in [3.63, 3.8) is 0 Å². The fourth-order valence-electron chi connectivity index (χ4n) is 12.6. The van der Waals surface area contributed by atoms with Gasteiger partial charge in [0.15, 0.2) is 5.12 Å². The van der Waals surface area contributed by atoms with Crippen LogP contribution in [0.25, 0.3) is 0 Å². The van der Waals surface area contributed by atoms with Crippen LogP contribution in [0, 0.1) is 59.7 Å². The Morgan fingerprint density at radius 1 is 0.283 bits per heavy atom. The maximum atomic E-state index is 11.7. The minimum atomic E-state index is 0.0873. The number of carbonyl (C=O) groups excluding carboxylic acids is 1.